The lowest BCUT2D eigenvalue weighted by atomic mass is 9.55. The van der Waals surface area contributed by atoms with Crippen molar-refractivity contribution in [3.05, 3.63) is 166 Å². The molecule has 7 rings (SSSR count). The van der Waals surface area contributed by atoms with Crippen LogP contribution in [0.3, 0.4) is 0 Å². The number of nitrogens with zero attached hydrogens (tertiary/aromatic N) is 3. The van der Waals surface area contributed by atoms with Crippen molar-refractivity contribution in [3.63, 3.8) is 0 Å². The van der Waals surface area contributed by atoms with E-state index in [0.29, 0.717) is 35.6 Å². The molecule has 4 aromatic carbocycles. The third-order valence-corrected chi connectivity index (χ3v) is 12.7. The highest BCUT2D eigenvalue weighted by Gasteiger charge is 2.65. The summed E-state index contributed by atoms with van der Waals surface area (Å²) in [4.78, 5) is 46.3. The van der Waals surface area contributed by atoms with Crippen LogP contribution in [-0.4, -0.2) is 76.4 Å². The van der Waals surface area contributed by atoms with Crippen molar-refractivity contribution in [2.45, 2.75) is 75.8 Å². The first-order valence-corrected chi connectivity index (χ1v) is 22.6. The number of amides is 2. The number of hydrogen-bond donors (Lipinski definition) is 3. The molecule has 2 aliphatic carbocycles. The molecule has 1 heterocycles. The monoisotopic (exact) mass is 898 g/mol. The van der Waals surface area contributed by atoms with E-state index in [1.54, 1.807) is 48.4 Å². The van der Waals surface area contributed by atoms with Gasteiger partial charge in [0.2, 0.25) is 11.7 Å². The van der Waals surface area contributed by atoms with Crippen molar-refractivity contribution in [1.29, 1.82) is 0 Å². The number of nitrogens with one attached hydrogen (secondary N) is 1. The fraction of sp³-hybridized carbons (Fsp3) is 0.365. The van der Waals surface area contributed by atoms with Gasteiger partial charge in [0.1, 0.15) is 24.1 Å². The second kappa shape index (κ2) is 22.5. The molecule has 1 fully saturated rings. The Morgan fingerprint density at radius 1 is 0.955 bits per heavy atom. The predicted molar refractivity (Wildman–Crippen MR) is 250 cm³/mol. The van der Waals surface area contributed by atoms with Crippen LogP contribution in [-0.2, 0) is 27.5 Å². The number of ether oxygens (including phenoxy) is 3. The third-order valence-electron chi connectivity index (χ3n) is 12.7. The van der Waals surface area contributed by atoms with E-state index in [1.165, 1.54) is 18.2 Å². The fourth-order valence-electron chi connectivity index (χ4n) is 9.61. The normalized spacial score (nSPS) is 22.3. The number of likely N-dealkylation sites (N-methyl/N-ethyl adjacent to an activating group) is 1. The van der Waals surface area contributed by atoms with E-state index in [9.17, 15) is 29.9 Å². The highest BCUT2D eigenvalue weighted by Crippen LogP contribution is 2.61. The molecular weight excluding hydrogens is 841 g/mol. The maximum atomic E-state index is 14.4. The van der Waals surface area contributed by atoms with Gasteiger partial charge >= 0.3 is 6.09 Å². The zero-order valence-corrected chi connectivity index (χ0v) is 37.2. The van der Waals surface area contributed by atoms with Crippen LogP contribution in [0.15, 0.2) is 139 Å². The SMILES string of the molecule is C=CCO[C@@]12Oc3ccc(OC(=O)NCc4ccccc4)cc3[C@H]3[C@H](CCCCO)[C@@H](CCCCO)C=C(C(=NOCc4ccccc4)C[C@@H]1N(C)C(=O)C=Cc1ccc([N+](=O)[O-])cc1)[C@H]32. The van der Waals surface area contributed by atoms with Gasteiger partial charge in [0.25, 0.3) is 5.69 Å². The quantitative estimate of drug-likeness (QED) is 0.0240. The molecule has 66 heavy (non-hydrogen) atoms. The topological polar surface area (TPSA) is 182 Å². The van der Waals surface area contributed by atoms with Crippen LogP contribution in [0.25, 0.3) is 6.08 Å². The summed E-state index contributed by atoms with van der Waals surface area (Å²) in [6.07, 6.45) is 10.7. The van der Waals surface area contributed by atoms with Crippen molar-refractivity contribution in [2.24, 2.45) is 22.9 Å². The smallest absolute Gasteiger partial charge is 0.412 e. The molecule has 4 aromatic rings. The van der Waals surface area contributed by atoms with Gasteiger partial charge in [0.05, 0.1) is 23.2 Å². The standard InChI is InChI=1S/C52H58N4O10/c1-3-30-63-52-47(55(2)48(59)27-22-36-20-23-40(24-21-36)56(61)62)33-45(54-64-35-38-16-8-5-9-17-38)43-31-39(18-10-12-28-57)42(19-11-13-29-58)49(50(43)52)44-32-41(25-26-46(44)66-52)65-51(60)53-34-37-14-6-4-7-15-37/h3-9,14-17,20-27,31-32,39,42,47,49-50,57-58H,1,10-13,18-19,28-30,33-35H2,2H3,(H,53,60)/t39-,42+,47-,49+,50+,52+/m0/s1. The highest BCUT2D eigenvalue weighted by atomic mass is 16.7. The number of benzene rings is 4. The molecule has 0 radical (unpaired) electrons. The van der Waals surface area contributed by atoms with E-state index < -0.39 is 28.8 Å². The second-order valence-electron chi connectivity index (χ2n) is 16.9. The average molecular weight is 899 g/mol. The number of nitro benzene ring substituents is 1. The van der Waals surface area contributed by atoms with E-state index in [0.717, 1.165) is 47.9 Å². The second-order valence-corrected chi connectivity index (χ2v) is 16.9. The van der Waals surface area contributed by atoms with Crippen LogP contribution in [0.2, 0.25) is 0 Å². The van der Waals surface area contributed by atoms with E-state index in [4.69, 9.17) is 24.2 Å². The first kappa shape index (κ1) is 47.4. The Labute approximate surface area is 385 Å². The van der Waals surface area contributed by atoms with E-state index in [-0.39, 0.29) is 68.7 Å². The predicted octanol–water partition coefficient (Wildman–Crippen LogP) is 8.89. The zero-order valence-electron chi connectivity index (χ0n) is 37.2. The zero-order chi connectivity index (χ0) is 46.5. The third kappa shape index (κ3) is 11.1. The van der Waals surface area contributed by atoms with Gasteiger partial charge < -0.3 is 39.5 Å². The van der Waals surface area contributed by atoms with Gasteiger partial charge in [-0.05, 0) is 96.2 Å². The Kier molecular flexibility index (Phi) is 16.2. The summed E-state index contributed by atoms with van der Waals surface area (Å²) in [7, 11) is 1.70. The number of carbonyl (C=O) groups is 2. The van der Waals surface area contributed by atoms with Gasteiger partial charge in [-0.1, -0.05) is 90.8 Å². The number of oxime groups is 1. The molecule has 0 saturated heterocycles. The molecule has 1 saturated carbocycles. The number of non-ortho nitro benzene ring substituents is 1. The molecule has 3 aliphatic rings. The Morgan fingerprint density at radius 2 is 1.65 bits per heavy atom. The Balaban J connectivity index is 1.35. The van der Waals surface area contributed by atoms with Crippen LogP contribution >= 0.6 is 0 Å². The molecule has 0 spiro atoms. The van der Waals surface area contributed by atoms with Crippen molar-refractivity contribution in [1.82, 2.24) is 10.2 Å². The van der Waals surface area contributed by atoms with E-state index >= 15 is 0 Å². The number of carbonyl (C=O) groups excluding carboxylic acids is 2. The first-order chi connectivity index (χ1) is 32.1. The molecule has 6 atom stereocenters. The molecule has 14 heteroatoms. The molecule has 0 bridgehead atoms. The van der Waals surface area contributed by atoms with Crippen molar-refractivity contribution in [2.75, 3.05) is 26.9 Å². The number of aliphatic hydroxyl groups excluding tert-OH is 2. The molecular formula is C52H58N4O10. The number of fused-ring (bicyclic) bond motifs is 2. The summed E-state index contributed by atoms with van der Waals surface area (Å²) in [5, 5.41) is 38.9. The summed E-state index contributed by atoms with van der Waals surface area (Å²) in [5.41, 5.74) is 4.69. The molecule has 1 aliphatic heterocycles. The van der Waals surface area contributed by atoms with Crippen LogP contribution < -0.4 is 14.8 Å². The summed E-state index contributed by atoms with van der Waals surface area (Å²) in [6.45, 7) is 4.66. The van der Waals surface area contributed by atoms with Gasteiger partial charge in [-0.2, -0.15) is 0 Å². The molecule has 3 N–H and O–H groups in total. The molecule has 0 unspecified atom stereocenters. The maximum Gasteiger partial charge on any atom is 0.412 e. The largest absolute Gasteiger partial charge is 0.459 e. The minimum Gasteiger partial charge on any atom is -0.459 e. The minimum absolute atomic E-state index is 0.00634. The first-order valence-electron chi connectivity index (χ1n) is 22.6. The van der Waals surface area contributed by atoms with Crippen LogP contribution in [0.1, 0.15) is 73.1 Å². The molecule has 2 amide bonds. The van der Waals surface area contributed by atoms with Crippen molar-refractivity contribution in [3.8, 4) is 11.5 Å². The maximum absolute atomic E-state index is 14.4. The summed E-state index contributed by atoms with van der Waals surface area (Å²) < 4.78 is 20.1. The Morgan fingerprint density at radius 3 is 2.33 bits per heavy atom. The number of hydrogen-bond acceptors (Lipinski definition) is 11. The summed E-state index contributed by atoms with van der Waals surface area (Å²) >= 11 is 0. The summed E-state index contributed by atoms with van der Waals surface area (Å²) in [5.74, 6) is -2.01. The lowest BCUT2D eigenvalue weighted by molar-refractivity contribution is -0.384. The van der Waals surface area contributed by atoms with E-state index in [1.807, 2.05) is 66.7 Å². The lowest BCUT2D eigenvalue weighted by Crippen LogP contribution is -2.69. The van der Waals surface area contributed by atoms with Crippen molar-refractivity contribution >= 4 is 29.5 Å². The van der Waals surface area contributed by atoms with Crippen LogP contribution in [0.5, 0.6) is 11.5 Å². The molecule has 0 aromatic heterocycles. The Bertz CT molecular complexity index is 2390. The van der Waals surface area contributed by atoms with Gasteiger partial charge in [-0.15, -0.1) is 6.58 Å². The Hall–Kier alpha value is -6.61. The van der Waals surface area contributed by atoms with Gasteiger partial charge in [-0.25, -0.2) is 4.79 Å². The number of aliphatic hydroxyl groups is 2. The average Bonchev–Trinajstić information content (AvgIpc) is 3.33. The summed E-state index contributed by atoms with van der Waals surface area (Å²) in [6, 6.07) is 29.7. The fourth-order valence-corrected chi connectivity index (χ4v) is 9.61. The van der Waals surface area contributed by atoms with Gasteiger partial charge in [-0.3, -0.25) is 14.9 Å². The van der Waals surface area contributed by atoms with Gasteiger partial charge in [0, 0.05) is 62.9 Å². The highest BCUT2D eigenvalue weighted by molar-refractivity contribution is 6.03. The lowest BCUT2D eigenvalue weighted by Gasteiger charge is -2.59. The van der Waals surface area contributed by atoms with Crippen molar-refractivity contribution < 1.29 is 43.8 Å². The number of allylic oxidation sites excluding steroid dienone is 1. The number of unbranched alkanes of at least 4 members (excludes halogenated alkanes) is 2. The van der Waals surface area contributed by atoms with Crippen LogP contribution in [0, 0.1) is 27.9 Å². The number of nitro groups is 1. The van der Waals surface area contributed by atoms with Crippen LogP contribution in [0.4, 0.5) is 10.5 Å². The molecule has 14 nitrogen and oxygen atoms in total. The number of rotatable bonds is 21. The van der Waals surface area contributed by atoms with Gasteiger partial charge in [0.15, 0.2) is 0 Å². The molecule has 346 valence electrons. The van der Waals surface area contributed by atoms with E-state index in [2.05, 4.69) is 18.0 Å². The minimum atomic E-state index is -1.50.